The molecule has 6 heteroatoms. The number of thioether (sulfide) groups is 1. The van der Waals surface area contributed by atoms with Gasteiger partial charge in [-0.2, -0.15) is 0 Å². The molecule has 0 spiro atoms. The molecule has 1 aromatic carbocycles. The molecule has 0 unspecified atom stereocenters. The van der Waals surface area contributed by atoms with Gasteiger partial charge in [0.15, 0.2) is 0 Å². The number of aromatic amines is 1. The third-order valence-corrected chi connectivity index (χ3v) is 4.62. The topological polar surface area (TPSA) is 71.8 Å². The summed E-state index contributed by atoms with van der Waals surface area (Å²) < 4.78 is 5.39. The largest absolute Gasteiger partial charge is 0.422 e. The Hall–Kier alpha value is -2.08. The summed E-state index contributed by atoms with van der Waals surface area (Å²) in [7, 11) is 0. The van der Waals surface area contributed by atoms with Crippen molar-refractivity contribution >= 4 is 22.7 Å². The van der Waals surface area contributed by atoms with Crippen LogP contribution in [0.25, 0.3) is 11.0 Å². The van der Waals surface area contributed by atoms with Gasteiger partial charge in [-0.05, 0) is 30.5 Å². The molecule has 1 N–H and O–H groups in total. The van der Waals surface area contributed by atoms with E-state index in [2.05, 4.69) is 15.2 Å². The average Bonchev–Trinajstić information content (AvgIpc) is 2.97. The molecule has 3 rings (SSSR count). The highest BCUT2D eigenvalue weighted by molar-refractivity contribution is 7.98. The number of hydrogen-bond donors (Lipinski definition) is 1. The molecule has 0 saturated carbocycles. The van der Waals surface area contributed by atoms with Crippen LogP contribution in [0.1, 0.15) is 29.4 Å². The Balaban J connectivity index is 1.96. The fourth-order valence-corrected chi connectivity index (χ4v) is 3.10. The molecule has 0 saturated heterocycles. The van der Waals surface area contributed by atoms with E-state index in [1.807, 2.05) is 32.9 Å². The molecule has 0 aliphatic heterocycles. The fraction of sp³-hybridized carbons (Fsp3) is 0.312. The van der Waals surface area contributed by atoms with Crippen LogP contribution in [0.5, 0.6) is 0 Å². The molecule has 2 heterocycles. The smallest absolute Gasteiger partial charge is 0.336 e. The van der Waals surface area contributed by atoms with Gasteiger partial charge in [0.1, 0.15) is 11.4 Å². The standard InChI is InChI=1S/C16H17N3O2S/c1-4-13-17-16(19-18-13)22-8-11-7-14(20)21-15-10(3)9(2)5-6-12(11)15/h5-7H,4,8H2,1-3H3,(H,17,18,19). The van der Waals surface area contributed by atoms with Crippen LogP contribution in [-0.4, -0.2) is 15.2 Å². The quantitative estimate of drug-likeness (QED) is 0.590. The first kappa shape index (κ1) is 14.8. The number of nitrogens with zero attached hydrogens (tertiary/aromatic N) is 2. The summed E-state index contributed by atoms with van der Waals surface area (Å²) in [5.74, 6) is 1.50. The second-order valence-corrected chi connectivity index (χ2v) is 6.12. The summed E-state index contributed by atoms with van der Waals surface area (Å²) in [6.07, 6.45) is 0.823. The number of benzene rings is 1. The average molecular weight is 315 g/mol. The number of rotatable bonds is 4. The lowest BCUT2D eigenvalue weighted by molar-refractivity contribution is 0.557. The lowest BCUT2D eigenvalue weighted by Gasteiger charge is -2.08. The van der Waals surface area contributed by atoms with Crippen LogP contribution in [0.2, 0.25) is 0 Å². The summed E-state index contributed by atoms with van der Waals surface area (Å²) in [5.41, 5.74) is 3.42. The zero-order valence-electron chi connectivity index (χ0n) is 12.8. The van der Waals surface area contributed by atoms with Crippen LogP contribution in [0, 0.1) is 13.8 Å². The van der Waals surface area contributed by atoms with Crippen molar-refractivity contribution in [2.75, 3.05) is 0 Å². The van der Waals surface area contributed by atoms with Crippen molar-refractivity contribution in [2.24, 2.45) is 0 Å². The minimum absolute atomic E-state index is 0.318. The van der Waals surface area contributed by atoms with Gasteiger partial charge in [-0.3, -0.25) is 5.10 Å². The minimum Gasteiger partial charge on any atom is -0.422 e. The molecule has 0 atom stereocenters. The maximum atomic E-state index is 11.8. The highest BCUT2D eigenvalue weighted by Crippen LogP contribution is 2.27. The Kier molecular flexibility index (Phi) is 4.02. The van der Waals surface area contributed by atoms with Crippen LogP contribution < -0.4 is 5.63 Å². The van der Waals surface area contributed by atoms with E-state index in [1.54, 1.807) is 6.07 Å². The molecule has 114 valence electrons. The van der Waals surface area contributed by atoms with Gasteiger partial charge in [-0.1, -0.05) is 30.8 Å². The summed E-state index contributed by atoms with van der Waals surface area (Å²) in [5, 5.41) is 8.73. The van der Waals surface area contributed by atoms with E-state index >= 15 is 0 Å². The number of aromatic nitrogens is 3. The molecule has 0 aliphatic rings. The SMILES string of the molecule is CCc1nc(SCc2cc(=O)oc3c(C)c(C)ccc23)n[nH]1. The van der Waals surface area contributed by atoms with Gasteiger partial charge in [-0.25, -0.2) is 9.78 Å². The van der Waals surface area contributed by atoms with E-state index in [4.69, 9.17) is 4.42 Å². The number of H-pyrrole nitrogens is 1. The highest BCUT2D eigenvalue weighted by Gasteiger charge is 2.11. The third kappa shape index (κ3) is 2.78. The Morgan fingerprint density at radius 2 is 2.14 bits per heavy atom. The van der Waals surface area contributed by atoms with Gasteiger partial charge < -0.3 is 4.42 Å². The third-order valence-electron chi connectivity index (χ3n) is 3.72. The summed E-state index contributed by atoms with van der Waals surface area (Å²) in [6, 6.07) is 5.61. The van der Waals surface area contributed by atoms with Crippen LogP contribution in [0.15, 0.2) is 32.6 Å². The van der Waals surface area contributed by atoms with Gasteiger partial charge in [0.2, 0.25) is 5.16 Å². The van der Waals surface area contributed by atoms with Crippen molar-refractivity contribution in [2.45, 2.75) is 38.1 Å². The van der Waals surface area contributed by atoms with Crippen molar-refractivity contribution in [3.05, 3.63) is 51.1 Å². The molecular weight excluding hydrogens is 298 g/mol. The molecule has 0 amide bonds. The lowest BCUT2D eigenvalue weighted by Crippen LogP contribution is -2.01. The first-order valence-electron chi connectivity index (χ1n) is 7.15. The number of fused-ring (bicyclic) bond motifs is 1. The van der Waals surface area contributed by atoms with E-state index in [0.29, 0.717) is 16.5 Å². The maximum Gasteiger partial charge on any atom is 0.336 e. The highest BCUT2D eigenvalue weighted by atomic mass is 32.2. The van der Waals surface area contributed by atoms with Gasteiger partial charge in [0.05, 0.1) is 0 Å². The van der Waals surface area contributed by atoms with Gasteiger partial charge in [0, 0.05) is 23.6 Å². The predicted octanol–water partition coefficient (Wildman–Crippen LogP) is 3.38. The zero-order valence-corrected chi connectivity index (χ0v) is 13.6. The van der Waals surface area contributed by atoms with Crippen molar-refractivity contribution in [3.8, 4) is 0 Å². The summed E-state index contributed by atoms with van der Waals surface area (Å²) in [4.78, 5) is 16.2. The predicted molar refractivity (Wildman–Crippen MR) is 87.3 cm³/mol. The van der Waals surface area contributed by atoms with Gasteiger partial charge in [-0.15, -0.1) is 5.10 Å². The Morgan fingerprint density at radius 3 is 2.86 bits per heavy atom. The molecule has 5 nitrogen and oxygen atoms in total. The zero-order chi connectivity index (χ0) is 15.7. The molecule has 0 bridgehead atoms. The van der Waals surface area contributed by atoms with Crippen LogP contribution in [0.3, 0.4) is 0 Å². The summed E-state index contributed by atoms with van der Waals surface area (Å²) >= 11 is 1.51. The van der Waals surface area contributed by atoms with Crippen LogP contribution >= 0.6 is 11.8 Å². The molecular formula is C16H17N3O2S. The molecule has 2 aromatic heterocycles. The molecule has 3 aromatic rings. The maximum absolute atomic E-state index is 11.8. The second kappa shape index (κ2) is 5.96. The molecule has 0 aliphatic carbocycles. The van der Waals surface area contributed by atoms with E-state index in [-0.39, 0.29) is 5.63 Å². The van der Waals surface area contributed by atoms with E-state index in [9.17, 15) is 4.79 Å². The van der Waals surface area contributed by atoms with Crippen molar-refractivity contribution in [3.63, 3.8) is 0 Å². The van der Waals surface area contributed by atoms with Gasteiger partial charge >= 0.3 is 5.63 Å². The number of nitrogens with one attached hydrogen (secondary N) is 1. The lowest BCUT2D eigenvalue weighted by atomic mass is 10.0. The van der Waals surface area contributed by atoms with Crippen LogP contribution in [-0.2, 0) is 12.2 Å². The Labute approximate surface area is 132 Å². The normalized spacial score (nSPS) is 11.2. The Morgan fingerprint density at radius 1 is 1.32 bits per heavy atom. The molecule has 22 heavy (non-hydrogen) atoms. The second-order valence-electron chi connectivity index (χ2n) is 5.18. The summed E-state index contributed by atoms with van der Waals surface area (Å²) in [6.45, 7) is 6.01. The van der Waals surface area contributed by atoms with E-state index in [0.717, 1.165) is 34.3 Å². The minimum atomic E-state index is -0.318. The van der Waals surface area contributed by atoms with Crippen LogP contribution in [0.4, 0.5) is 0 Å². The molecule has 0 radical (unpaired) electrons. The fourth-order valence-electron chi connectivity index (χ4n) is 2.29. The van der Waals surface area contributed by atoms with E-state index < -0.39 is 0 Å². The first-order chi connectivity index (χ1) is 10.6. The Bertz CT molecular complexity index is 883. The van der Waals surface area contributed by atoms with Crippen molar-refractivity contribution in [1.29, 1.82) is 0 Å². The van der Waals surface area contributed by atoms with Crippen molar-refractivity contribution in [1.82, 2.24) is 15.2 Å². The van der Waals surface area contributed by atoms with Crippen molar-refractivity contribution < 1.29 is 4.42 Å². The number of aryl methyl sites for hydroxylation is 3. The monoisotopic (exact) mass is 315 g/mol. The molecule has 0 fully saturated rings. The number of hydrogen-bond acceptors (Lipinski definition) is 5. The first-order valence-corrected chi connectivity index (χ1v) is 8.14. The van der Waals surface area contributed by atoms with E-state index in [1.165, 1.54) is 11.8 Å². The van der Waals surface area contributed by atoms with Gasteiger partial charge in [0.25, 0.3) is 0 Å².